The van der Waals surface area contributed by atoms with E-state index in [1.54, 1.807) is 29.4 Å². The van der Waals surface area contributed by atoms with Gasteiger partial charge in [0.05, 0.1) is 11.5 Å². The van der Waals surface area contributed by atoms with Gasteiger partial charge in [0.15, 0.2) is 0 Å². The van der Waals surface area contributed by atoms with Crippen LogP contribution in [0.25, 0.3) is 0 Å². The maximum absolute atomic E-state index is 12.7. The lowest BCUT2D eigenvalue weighted by molar-refractivity contribution is -0.120. The molecule has 0 N–H and O–H groups in total. The summed E-state index contributed by atoms with van der Waals surface area (Å²) in [5, 5.41) is 0. The topological polar surface area (TPSA) is 53.5 Å². The maximum atomic E-state index is 12.7. The molecule has 2 saturated heterocycles. The molecule has 0 radical (unpaired) electrons. The number of fused-ring (bicyclic) bond motifs is 1. The van der Waals surface area contributed by atoms with Gasteiger partial charge in [0.2, 0.25) is 5.91 Å². The molecule has 5 heteroatoms. The van der Waals surface area contributed by atoms with E-state index in [1.165, 1.54) is 0 Å². The van der Waals surface area contributed by atoms with Crippen LogP contribution in [-0.2, 0) is 4.79 Å². The number of nitrogens with zero attached hydrogens (tertiary/aromatic N) is 3. The van der Waals surface area contributed by atoms with Gasteiger partial charge < -0.3 is 9.80 Å². The predicted octanol–water partition coefficient (Wildman–Crippen LogP) is 1.82. The van der Waals surface area contributed by atoms with Crippen LogP contribution in [0.3, 0.4) is 0 Å². The lowest BCUT2D eigenvalue weighted by atomic mass is 10.0. The average Bonchev–Trinajstić information content (AvgIpc) is 3.16. The summed E-state index contributed by atoms with van der Waals surface area (Å²) >= 11 is 0. The molecule has 2 fully saturated rings. The van der Waals surface area contributed by atoms with Crippen molar-refractivity contribution in [3.05, 3.63) is 60.4 Å². The highest BCUT2D eigenvalue weighted by Gasteiger charge is 2.47. The van der Waals surface area contributed by atoms with Crippen LogP contribution < -0.4 is 4.90 Å². The third-order valence-corrected chi connectivity index (χ3v) is 4.70. The molecule has 1 aromatic carbocycles. The van der Waals surface area contributed by atoms with E-state index in [1.807, 2.05) is 35.2 Å². The second kappa shape index (κ2) is 5.50. The molecule has 2 atom stereocenters. The normalized spacial score (nSPS) is 23.2. The first-order valence-electron chi connectivity index (χ1n) is 7.80. The molecule has 0 saturated carbocycles. The first kappa shape index (κ1) is 13.9. The van der Waals surface area contributed by atoms with Gasteiger partial charge in [0, 0.05) is 43.6 Å². The molecule has 0 unspecified atom stereocenters. The van der Waals surface area contributed by atoms with Crippen LogP contribution in [-0.4, -0.2) is 41.3 Å². The summed E-state index contributed by atoms with van der Waals surface area (Å²) in [5.74, 6) is 0.216. The van der Waals surface area contributed by atoms with Crippen molar-refractivity contribution in [1.29, 1.82) is 0 Å². The van der Waals surface area contributed by atoms with E-state index >= 15 is 0 Å². The third kappa shape index (κ3) is 2.38. The molecule has 5 nitrogen and oxygen atoms in total. The molecule has 0 aliphatic carbocycles. The van der Waals surface area contributed by atoms with Crippen LogP contribution in [0.4, 0.5) is 5.69 Å². The molecule has 0 spiro atoms. The molecular weight excluding hydrogens is 290 g/mol. The molecule has 2 amide bonds. The number of pyridine rings is 1. The van der Waals surface area contributed by atoms with E-state index < -0.39 is 0 Å². The summed E-state index contributed by atoms with van der Waals surface area (Å²) in [5.41, 5.74) is 1.52. The van der Waals surface area contributed by atoms with Gasteiger partial charge in [0.25, 0.3) is 5.91 Å². The molecule has 116 valence electrons. The van der Waals surface area contributed by atoms with Crippen LogP contribution in [0.2, 0.25) is 0 Å². The molecule has 0 bridgehead atoms. The fraction of sp³-hybridized carbons (Fsp3) is 0.278. The number of rotatable bonds is 2. The van der Waals surface area contributed by atoms with Gasteiger partial charge in [0.1, 0.15) is 0 Å². The fourth-order valence-corrected chi connectivity index (χ4v) is 3.54. The zero-order valence-corrected chi connectivity index (χ0v) is 12.6. The zero-order valence-electron chi connectivity index (χ0n) is 12.6. The minimum absolute atomic E-state index is 0.0356. The summed E-state index contributed by atoms with van der Waals surface area (Å²) in [6.07, 6.45) is 3.23. The Kier molecular flexibility index (Phi) is 3.33. The van der Waals surface area contributed by atoms with Crippen LogP contribution in [0, 0.1) is 11.8 Å². The number of hydrogen-bond donors (Lipinski definition) is 0. The highest BCUT2D eigenvalue weighted by molar-refractivity contribution is 6.00. The molecule has 3 heterocycles. The first-order chi connectivity index (χ1) is 11.2. The van der Waals surface area contributed by atoms with Crippen molar-refractivity contribution in [2.75, 3.05) is 24.5 Å². The maximum Gasteiger partial charge on any atom is 0.255 e. The number of carbonyl (C=O) groups excluding carboxylic acids is 2. The number of hydrogen-bond acceptors (Lipinski definition) is 3. The first-order valence-corrected chi connectivity index (χ1v) is 7.80. The van der Waals surface area contributed by atoms with Gasteiger partial charge >= 0.3 is 0 Å². The Balaban J connectivity index is 1.49. The van der Waals surface area contributed by atoms with Crippen LogP contribution in [0.15, 0.2) is 54.9 Å². The minimum atomic E-state index is -0.0872. The Morgan fingerprint density at radius 1 is 1.04 bits per heavy atom. The number of benzene rings is 1. The summed E-state index contributed by atoms with van der Waals surface area (Å²) in [4.78, 5) is 32.8. The number of para-hydroxylation sites is 1. The van der Waals surface area contributed by atoms with E-state index in [-0.39, 0.29) is 23.7 Å². The van der Waals surface area contributed by atoms with Gasteiger partial charge in [-0.15, -0.1) is 0 Å². The second-order valence-electron chi connectivity index (χ2n) is 6.10. The quantitative estimate of drug-likeness (QED) is 0.850. The lowest BCUT2D eigenvalue weighted by Crippen LogP contribution is -2.35. The monoisotopic (exact) mass is 307 g/mol. The Morgan fingerprint density at radius 2 is 1.87 bits per heavy atom. The van der Waals surface area contributed by atoms with Crippen LogP contribution in [0.5, 0.6) is 0 Å². The number of amides is 2. The standard InChI is InChI=1S/C18H17N3O2/c22-17(13-5-4-8-19-9-13)20-10-14-11-21(18(23)16(14)12-20)15-6-2-1-3-7-15/h1-9,14,16H,10-12H2/t14-,16-/m1/s1. The van der Waals surface area contributed by atoms with Crippen molar-refractivity contribution in [2.24, 2.45) is 11.8 Å². The Morgan fingerprint density at radius 3 is 2.57 bits per heavy atom. The number of carbonyl (C=O) groups is 2. The van der Waals surface area contributed by atoms with Gasteiger partial charge in [-0.2, -0.15) is 0 Å². The number of aromatic nitrogens is 1. The van der Waals surface area contributed by atoms with Crippen molar-refractivity contribution in [2.45, 2.75) is 0 Å². The zero-order chi connectivity index (χ0) is 15.8. The van der Waals surface area contributed by atoms with Crippen molar-refractivity contribution in [1.82, 2.24) is 9.88 Å². The molecule has 2 aliphatic heterocycles. The highest BCUT2D eigenvalue weighted by Crippen LogP contribution is 2.35. The fourth-order valence-electron chi connectivity index (χ4n) is 3.54. The number of anilines is 1. The van der Waals surface area contributed by atoms with E-state index in [4.69, 9.17) is 0 Å². The Hall–Kier alpha value is -2.69. The van der Waals surface area contributed by atoms with E-state index in [2.05, 4.69) is 4.98 Å². The van der Waals surface area contributed by atoms with Crippen molar-refractivity contribution in [3.8, 4) is 0 Å². The molecule has 2 aliphatic rings. The summed E-state index contributed by atoms with van der Waals surface area (Å²) in [6, 6.07) is 13.3. The largest absolute Gasteiger partial charge is 0.337 e. The van der Waals surface area contributed by atoms with Crippen LogP contribution in [0.1, 0.15) is 10.4 Å². The van der Waals surface area contributed by atoms with E-state index in [0.717, 1.165) is 5.69 Å². The summed E-state index contributed by atoms with van der Waals surface area (Å²) in [7, 11) is 0. The molecule has 1 aromatic heterocycles. The SMILES string of the molecule is O=C(c1cccnc1)N1C[C@@H]2CN(c3ccccc3)C(=O)[C@@H]2C1. The average molecular weight is 307 g/mol. The van der Waals surface area contributed by atoms with E-state index in [9.17, 15) is 9.59 Å². The molecule has 23 heavy (non-hydrogen) atoms. The van der Waals surface area contributed by atoms with Gasteiger partial charge in [-0.3, -0.25) is 14.6 Å². The lowest BCUT2D eigenvalue weighted by Gasteiger charge is -2.22. The van der Waals surface area contributed by atoms with Gasteiger partial charge in [-0.25, -0.2) is 0 Å². The smallest absolute Gasteiger partial charge is 0.255 e. The Labute approximate surface area is 134 Å². The van der Waals surface area contributed by atoms with Gasteiger partial charge in [-0.05, 0) is 24.3 Å². The highest BCUT2D eigenvalue weighted by atomic mass is 16.2. The minimum Gasteiger partial charge on any atom is -0.337 e. The van der Waals surface area contributed by atoms with Crippen LogP contribution >= 0.6 is 0 Å². The third-order valence-electron chi connectivity index (χ3n) is 4.70. The van der Waals surface area contributed by atoms with Crippen molar-refractivity contribution in [3.63, 3.8) is 0 Å². The van der Waals surface area contributed by atoms with Crippen molar-refractivity contribution >= 4 is 17.5 Å². The van der Waals surface area contributed by atoms with Crippen molar-refractivity contribution < 1.29 is 9.59 Å². The second-order valence-corrected chi connectivity index (χ2v) is 6.10. The molecule has 4 rings (SSSR count). The Bertz CT molecular complexity index is 732. The number of likely N-dealkylation sites (tertiary alicyclic amines) is 1. The van der Waals surface area contributed by atoms with Gasteiger partial charge in [-0.1, -0.05) is 18.2 Å². The summed E-state index contributed by atoms with van der Waals surface area (Å²) < 4.78 is 0. The molecular formula is C18H17N3O2. The predicted molar refractivity (Wildman–Crippen MR) is 85.9 cm³/mol. The molecule has 2 aromatic rings. The van der Waals surface area contributed by atoms with E-state index in [0.29, 0.717) is 25.2 Å². The summed E-state index contributed by atoms with van der Waals surface area (Å²) in [6.45, 7) is 1.82.